The molecule has 1 rings (SSSR count). The summed E-state index contributed by atoms with van der Waals surface area (Å²) in [5, 5.41) is 10.7. The first-order valence-corrected chi connectivity index (χ1v) is 6.59. The lowest BCUT2D eigenvalue weighted by molar-refractivity contribution is -0.385. The summed E-state index contributed by atoms with van der Waals surface area (Å²) in [5.41, 5.74) is 4.34. The maximum Gasteiger partial charge on any atom is 0.329 e. The number of rotatable bonds is 6. The van der Waals surface area contributed by atoms with Crippen molar-refractivity contribution in [2.24, 2.45) is 5.73 Å². The molecule has 1 unspecified atom stereocenters. The molecule has 0 amide bonds. The Hall–Kier alpha value is -1.67. The highest BCUT2D eigenvalue weighted by Crippen LogP contribution is 2.26. The minimum Gasteiger partial charge on any atom is -0.491 e. The Morgan fingerprint density at radius 3 is 2.70 bits per heavy atom. The van der Waals surface area contributed by atoms with Gasteiger partial charge >= 0.3 is 5.97 Å². The molecule has 0 aliphatic rings. The van der Waals surface area contributed by atoms with Crippen molar-refractivity contribution < 1.29 is 19.2 Å². The first kappa shape index (κ1) is 16.4. The summed E-state index contributed by atoms with van der Waals surface area (Å²) in [5.74, 6) is -0.350. The molecule has 20 heavy (non-hydrogen) atoms. The zero-order valence-electron chi connectivity index (χ0n) is 11.1. The standard InChI is InChI=1S/C12H15BrN2O5/c1-3-19-11(16)12(2,14)7-20-10-5-8(13)4-9(6-10)15(17)18/h4-6H,3,7,14H2,1-2H3. The molecule has 8 heteroatoms. The van der Waals surface area contributed by atoms with Crippen LogP contribution in [0.1, 0.15) is 13.8 Å². The van der Waals surface area contributed by atoms with Gasteiger partial charge in [-0.25, -0.2) is 4.79 Å². The Bertz CT molecular complexity index is 519. The van der Waals surface area contributed by atoms with E-state index in [1.54, 1.807) is 13.0 Å². The average molecular weight is 347 g/mol. The molecule has 0 aromatic heterocycles. The monoisotopic (exact) mass is 346 g/mol. The second-order valence-electron chi connectivity index (χ2n) is 4.33. The molecule has 1 atom stereocenters. The molecular weight excluding hydrogens is 332 g/mol. The third-order valence-corrected chi connectivity index (χ3v) is 2.81. The van der Waals surface area contributed by atoms with E-state index in [9.17, 15) is 14.9 Å². The van der Waals surface area contributed by atoms with E-state index in [4.69, 9.17) is 15.2 Å². The summed E-state index contributed by atoms with van der Waals surface area (Å²) < 4.78 is 10.7. The molecule has 0 aliphatic carbocycles. The maximum absolute atomic E-state index is 11.6. The van der Waals surface area contributed by atoms with Crippen LogP contribution < -0.4 is 10.5 Å². The van der Waals surface area contributed by atoms with Crippen molar-refractivity contribution in [1.29, 1.82) is 0 Å². The predicted octanol–water partition coefficient (Wildman–Crippen LogP) is 2.02. The first-order chi connectivity index (χ1) is 9.26. The number of non-ortho nitro benzene ring substituents is 1. The summed E-state index contributed by atoms with van der Waals surface area (Å²) in [6.07, 6.45) is 0. The molecule has 0 saturated carbocycles. The summed E-state index contributed by atoms with van der Waals surface area (Å²) in [7, 11) is 0. The van der Waals surface area contributed by atoms with Gasteiger partial charge < -0.3 is 15.2 Å². The number of nitrogens with zero attached hydrogens (tertiary/aromatic N) is 1. The number of benzene rings is 1. The molecule has 7 nitrogen and oxygen atoms in total. The Balaban J connectivity index is 2.79. The number of hydrogen-bond donors (Lipinski definition) is 1. The number of nitro benzene ring substituents is 1. The summed E-state index contributed by atoms with van der Waals surface area (Å²) in [6.45, 7) is 3.21. The van der Waals surface area contributed by atoms with Crippen molar-refractivity contribution in [3.05, 3.63) is 32.8 Å². The lowest BCUT2D eigenvalue weighted by Crippen LogP contribution is -2.51. The van der Waals surface area contributed by atoms with Gasteiger partial charge in [0, 0.05) is 10.5 Å². The minimum atomic E-state index is -1.33. The Labute approximate surface area is 124 Å². The van der Waals surface area contributed by atoms with Crippen LogP contribution in [0.25, 0.3) is 0 Å². The number of nitrogens with two attached hydrogens (primary N) is 1. The smallest absolute Gasteiger partial charge is 0.329 e. The molecule has 2 N–H and O–H groups in total. The quantitative estimate of drug-likeness (QED) is 0.480. The van der Waals surface area contributed by atoms with Gasteiger partial charge in [-0.3, -0.25) is 10.1 Å². The van der Waals surface area contributed by atoms with Gasteiger partial charge in [-0.2, -0.15) is 0 Å². The van der Waals surface area contributed by atoms with E-state index < -0.39 is 16.4 Å². The number of hydrogen-bond acceptors (Lipinski definition) is 6. The highest BCUT2D eigenvalue weighted by Gasteiger charge is 2.31. The van der Waals surface area contributed by atoms with E-state index in [0.29, 0.717) is 4.47 Å². The van der Waals surface area contributed by atoms with Crippen molar-refractivity contribution in [3.8, 4) is 5.75 Å². The second-order valence-corrected chi connectivity index (χ2v) is 5.24. The van der Waals surface area contributed by atoms with E-state index in [2.05, 4.69) is 15.9 Å². The van der Waals surface area contributed by atoms with Gasteiger partial charge in [0.05, 0.1) is 17.6 Å². The summed E-state index contributed by atoms with van der Waals surface area (Å²) in [4.78, 5) is 21.8. The van der Waals surface area contributed by atoms with E-state index in [1.165, 1.54) is 19.1 Å². The molecule has 0 spiro atoms. The van der Waals surface area contributed by atoms with Gasteiger partial charge in [0.25, 0.3) is 5.69 Å². The lowest BCUT2D eigenvalue weighted by Gasteiger charge is -2.22. The van der Waals surface area contributed by atoms with Gasteiger partial charge in [0.15, 0.2) is 0 Å². The van der Waals surface area contributed by atoms with Crippen molar-refractivity contribution in [2.75, 3.05) is 13.2 Å². The third kappa shape index (κ3) is 4.46. The fourth-order valence-electron chi connectivity index (χ4n) is 1.32. The molecule has 1 aromatic rings. The highest BCUT2D eigenvalue weighted by molar-refractivity contribution is 9.10. The third-order valence-electron chi connectivity index (χ3n) is 2.35. The number of esters is 1. The lowest BCUT2D eigenvalue weighted by atomic mass is 10.1. The zero-order valence-corrected chi connectivity index (χ0v) is 12.7. The number of halogens is 1. The SMILES string of the molecule is CCOC(=O)C(C)(N)COc1cc(Br)cc([N+](=O)[O-])c1. The van der Waals surface area contributed by atoms with Crippen molar-refractivity contribution in [3.63, 3.8) is 0 Å². The summed E-state index contributed by atoms with van der Waals surface area (Å²) in [6, 6.07) is 4.15. The maximum atomic E-state index is 11.6. The predicted molar refractivity (Wildman–Crippen MR) is 75.5 cm³/mol. The van der Waals surface area contributed by atoms with E-state index in [-0.39, 0.29) is 24.7 Å². The number of nitro groups is 1. The van der Waals surface area contributed by atoms with Crippen molar-refractivity contribution in [1.82, 2.24) is 0 Å². The molecule has 110 valence electrons. The fraction of sp³-hybridized carbons (Fsp3) is 0.417. The van der Waals surface area contributed by atoms with E-state index >= 15 is 0 Å². The van der Waals surface area contributed by atoms with Gasteiger partial charge in [0.1, 0.15) is 17.9 Å². The van der Waals surface area contributed by atoms with Crippen molar-refractivity contribution >= 4 is 27.6 Å². The minimum absolute atomic E-state index is 0.121. The van der Waals surface area contributed by atoms with Gasteiger partial charge in [-0.15, -0.1) is 0 Å². The topological polar surface area (TPSA) is 105 Å². The van der Waals surface area contributed by atoms with Gasteiger partial charge in [-0.05, 0) is 19.9 Å². The molecule has 0 saturated heterocycles. The molecular formula is C12H15BrN2O5. The van der Waals surface area contributed by atoms with Crippen LogP contribution in [0.15, 0.2) is 22.7 Å². The second kappa shape index (κ2) is 6.67. The number of carbonyl (C=O) groups excluding carboxylic acids is 1. The van der Waals surface area contributed by atoms with Crippen LogP contribution in [-0.4, -0.2) is 29.6 Å². The van der Waals surface area contributed by atoms with E-state index in [0.717, 1.165) is 0 Å². The Kier molecular flexibility index (Phi) is 5.46. The fourth-order valence-corrected chi connectivity index (χ4v) is 1.78. The first-order valence-electron chi connectivity index (χ1n) is 5.80. The van der Waals surface area contributed by atoms with Crippen LogP contribution in [0.5, 0.6) is 5.75 Å². The van der Waals surface area contributed by atoms with Crippen LogP contribution in [0.2, 0.25) is 0 Å². The molecule has 0 radical (unpaired) electrons. The van der Waals surface area contributed by atoms with Gasteiger partial charge in [-0.1, -0.05) is 15.9 Å². The number of carbonyl (C=O) groups is 1. The normalized spacial score (nSPS) is 13.4. The molecule has 1 aromatic carbocycles. The number of ether oxygens (including phenoxy) is 2. The average Bonchev–Trinajstić information content (AvgIpc) is 2.36. The summed E-state index contributed by atoms with van der Waals surface area (Å²) >= 11 is 3.15. The molecule has 0 fully saturated rings. The van der Waals surface area contributed by atoms with E-state index in [1.807, 2.05) is 0 Å². The highest BCUT2D eigenvalue weighted by atomic mass is 79.9. The van der Waals surface area contributed by atoms with Crippen LogP contribution >= 0.6 is 15.9 Å². The largest absolute Gasteiger partial charge is 0.491 e. The Morgan fingerprint density at radius 1 is 1.50 bits per heavy atom. The Morgan fingerprint density at radius 2 is 2.15 bits per heavy atom. The molecule has 0 bridgehead atoms. The zero-order chi connectivity index (χ0) is 15.3. The van der Waals surface area contributed by atoms with Crippen LogP contribution in [0.3, 0.4) is 0 Å². The van der Waals surface area contributed by atoms with Gasteiger partial charge in [0.2, 0.25) is 0 Å². The van der Waals surface area contributed by atoms with Crippen LogP contribution in [0, 0.1) is 10.1 Å². The van der Waals surface area contributed by atoms with Crippen LogP contribution in [0.4, 0.5) is 5.69 Å². The molecule has 0 heterocycles. The van der Waals surface area contributed by atoms with Crippen LogP contribution in [-0.2, 0) is 9.53 Å². The molecule has 0 aliphatic heterocycles. The van der Waals surface area contributed by atoms with Crippen molar-refractivity contribution in [2.45, 2.75) is 19.4 Å².